The summed E-state index contributed by atoms with van der Waals surface area (Å²) < 4.78 is 6.82. The maximum atomic E-state index is 13.0. The van der Waals surface area contributed by atoms with E-state index in [2.05, 4.69) is 4.98 Å². The minimum atomic E-state index is -0.440. The Balaban J connectivity index is 1.99. The largest absolute Gasteiger partial charge is 0.462 e. The molecule has 0 N–H and O–H groups in total. The van der Waals surface area contributed by atoms with Gasteiger partial charge in [0.1, 0.15) is 0 Å². The zero-order chi connectivity index (χ0) is 18.5. The molecule has 26 heavy (non-hydrogen) atoms. The summed E-state index contributed by atoms with van der Waals surface area (Å²) in [4.78, 5) is 29.4. The van der Waals surface area contributed by atoms with Crippen LogP contribution in [0.1, 0.15) is 44.6 Å². The Hall–Kier alpha value is -3.21. The number of hydrogen-bond acceptors (Lipinski definition) is 4. The van der Waals surface area contributed by atoms with Crippen LogP contribution in [0.4, 0.5) is 0 Å². The van der Waals surface area contributed by atoms with Crippen LogP contribution >= 0.6 is 0 Å². The zero-order valence-electron chi connectivity index (χ0n) is 14.8. The highest BCUT2D eigenvalue weighted by atomic mass is 16.5. The van der Waals surface area contributed by atoms with Crippen molar-refractivity contribution in [2.75, 3.05) is 6.61 Å². The molecule has 2 heterocycles. The lowest BCUT2D eigenvalue weighted by atomic mass is 10.1. The van der Waals surface area contributed by atoms with Gasteiger partial charge in [0.25, 0.3) is 0 Å². The zero-order valence-corrected chi connectivity index (χ0v) is 14.8. The van der Waals surface area contributed by atoms with Gasteiger partial charge in [-0.15, -0.1) is 0 Å². The molecule has 3 aromatic rings. The van der Waals surface area contributed by atoms with Crippen molar-refractivity contribution in [1.82, 2.24) is 9.55 Å². The van der Waals surface area contributed by atoms with E-state index in [0.717, 1.165) is 11.3 Å². The van der Waals surface area contributed by atoms with Crippen molar-refractivity contribution in [3.63, 3.8) is 0 Å². The number of aryl methyl sites for hydroxylation is 1. The maximum Gasteiger partial charge on any atom is 0.339 e. The fraction of sp³-hybridized carbons (Fsp3) is 0.190. The van der Waals surface area contributed by atoms with E-state index in [9.17, 15) is 9.59 Å². The van der Waals surface area contributed by atoms with Gasteiger partial charge < -0.3 is 9.30 Å². The summed E-state index contributed by atoms with van der Waals surface area (Å²) in [6.45, 7) is 4.40. The van der Waals surface area contributed by atoms with Crippen LogP contribution in [0.3, 0.4) is 0 Å². The number of ketones is 1. The summed E-state index contributed by atoms with van der Waals surface area (Å²) in [5.41, 5.74) is 3.25. The number of pyridine rings is 1. The van der Waals surface area contributed by atoms with Gasteiger partial charge >= 0.3 is 5.97 Å². The van der Waals surface area contributed by atoms with Gasteiger partial charge in [0.05, 0.1) is 30.1 Å². The molecular weight excluding hydrogens is 328 g/mol. The van der Waals surface area contributed by atoms with Crippen LogP contribution in [0.15, 0.2) is 60.9 Å². The third-order valence-electron chi connectivity index (χ3n) is 4.01. The molecule has 5 heteroatoms. The fourth-order valence-corrected chi connectivity index (χ4v) is 2.68. The maximum absolute atomic E-state index is 13.0. The van der Waals surface area contributed by atoms with E-state index in [1.165, 1.54) is 0 Å². The molecule has 0 aliphatic heterocycles. The SMILES string of the molecule is CCOC(=O)c1cc(C(=O)c2ccc(C)cc2)n(Cc2ccccn2)c1. The Morgan fingerprint density at radius 1 is 1.08 bits per heavy atom. The van der Waals surface area contributed by atoms with Crippen LogP contribution in [0, 0.1) is 6.92 Å². The Labute approximate surface area is 152 Å². The Morgan fingerprint density at radius 2 is 1.85 bits per heavy atom. The molecule has 0 atom stereocenters. The number of carbonyl (C=O) groups excluding carboxylic acids is 2. The highest BCUT2D eigenvalue weighted by Gasteiger charge is 2.19. The molecule has 0 saturated heterocycles. The standard InChI is InChI=1S/C21H20N2O3/c1-3-26-21(25)17-12-19(20(24)16-9-7-15(2)8-10-16)23(13-17)14-18-6-4-5-11-22-18/h4-13H,3,14H2,1-2H3. The first-order valence-electron chi connectivity index (χ1n) is 8.47. The topological polar surface area (TPSA) is 61.2 Å². The summed E-state index contributed by atoms with van der Waals surface area (Å²) in [6.07, 6.45) is 3.35. The van der Waals surface area contributed by atoms with Crippen molar-refractivity contribution in [2.45, 2.75) is 20.4 Å². The van der Waals surface area contributed by atoms with Crippen LogP contribution < -0.4 is 0 Å². The first-order valence-corrected chi connectivity index (χ1v) is 8.47. The second-order valence-electron chi connectivity index (χ2n) is 5.98. The molecule has 3 rings (SSSR count). The minimum absolute atomic E-state index is 0.142. The Kier molecular flexibility index (Phi) is 5.27. The number of ether oxygens (including phenoxy) is 1. The molecule has 0 aliphatic carbocycles. The average Bonchev–Trinajstić information content (AvgIpc) is 3.07. The number of nitrogens with zero attached hydrogens (tertiary/aromatic N) is 2. The normalized spacial score (nSPS) is 10.5. The van der Waals surface area contributed by atoms with Gasteiger partial charge in [-0.2, -0.15) is 0 Å². The van der Waals surface area contributed by atoms with E-state index in [-0.39, 0.29) is 12.4 Å². The third kappa shape index (κ3) is 3.88. The lowest BCUT2D eigenvalue weighted by Crippen LogP contribution is -2.11. The molecule has 132 valence electrons. The highest BCUT2D eigenvalue weighted by Crippen LogP contribution is 2.17. The second kappa shape index (κ2) is 7.78. The molecule has 0 bridgehead atoms. The smallest absolute Gasteiger partial charge is 0.339 e. The van der Waals surface area contributed by atoms with E-state index < -0.39 is 5.97 Å². The quantitative estimate of drug-likeness (QED) is 0.504. The highest BCUT2D eigenvalue weighted by molar-refractivity contribution is 6.09. The van der Waals surface area contributed by atoms with Crippen molar-refractivity contribution in [2.24, 2.45) is 0 Å². The molecule has 0 fully saturated rings. The van der Waals surface area contributed by atoms with Crippen molar-refractivity contribution in [3.8, 4) is 0 Å². The number of esters is 1. The van der Waals surface area contributed by atoms with Gasteiger partial charge in [0.2, 0.25) is 5.78 Å². The molecule has 0 radical (unpaired) electrons. The Bertz CT molecular complexity index is 912. The van der Waals surface area contributed by atoms with Crippen LogP contribution in [0.5, 0.6) is 0 Å². The number of carbonyl (C=O) groups is 2. The summed E-state index contributed by atoms with van der Waals surface area (Å²) in [7, 11) is 0. The molecule has 0 amide bonds. The van der Waals surface area contributed by atoms with E-state index in [1.54, 1.807) is 42.1 Å². The van der Waals surface area contributed by atoms with Gasteiger partial charge in [-0.1, -0.05) is 35.9 Å². The third-order valence-corrected chi connectivity index (χ3v) is 4.01. The molecule has 1 aromatic carbocycles. The molecule has 0 unspecified atom stereocenters. The van der Waals surface area contributed by atoms with Crippen molar-refractivity contribution in [1.29, 1.82) is 0 Å². The summed E-state index contributed by atoms with van der Waals surface area (Å²) in [6, 6.07) is 14.6. The van der Waals surface area contributed by atoms with Gasteiger partial charge in [0, 0.05) is 18.0 Å². The van der Waals surface area contributed by atoms with Crippen LogP contribution in [-0.2, 0) is 11.3 Å². The molecule has 0 spiro atoms. The molecule has 2 aromatic heterocycles. The van der Waals surface area contributed by atoms with E-state index in [4.69, 9.17) is 4.74 Å². The predicted octanol–water partition coefficient (Wildman–Crippen LogP) is 3.65. The number of hydrogen-bond donors (Lipinski definition) is 0. The van der Waals surface area contributed by atoms with Crippen molar-refractivity contribution >= 4 is 11.8 Å². The van der Waals surface area contributed by atoms with Crippen LogP contribution in [0.25, 0.3) is 0 Å². The Morgan fingerprint density at radius 3 is 2.50 bits per heavy atom. The first-order chi connectivity index (χ1) is 12.6. The van der Waals surface area contributed by atoms with E-state index in [1.807, 2.05) is 37.3 Å². The number of benzene rings is 1. The molecule has 0 saturated carbocycles. The second-order valence-corrected chi connectivity index (χ2v) is 5.98. The van der Waals surface area contributed by atoms with Gasteiger partial charge in [-0.25, -0.2) is 4.79 Å². The predicted molar refractivity (Wildman–Crippen MR) is 98.3 cm³/mol. The average molecular weight is 348 g/mol. The lowest BCUT2D eigenvalue weighted by molar-refractivity contribution is 0.0526. The summed E-state index contributed by atoms with van der Waals surface area (Å²) >= 11 is 0. The van der Waals surface area contributed by atoms with Gasteiger partial charge in [-0.3, -0.25) is 9.78 Å². The van der Waals surface area contributed by atoms with Crippen LogP contribution in [0.2, 0.25) is 0 Å². The number of rotatable bonds is 6. The summed E-state index contributed by atoms with van der Waals surface area (Å²) in [5.74, 6) is -0.582. The molecular formula is C21H20N2O3. The number of aromatic nitrogens is 2. The van der Waals surface area contributed by atoms with Gasteiger partial charge in [0.15, 0.2) is 0 Å². The van der Waals surface area contributed by atoms with Crippen LogP contribution in [-0.4, -0.2) is 27.9 Å². The van der Waals surface area contributed by atoms with E-state index >= 15 is 0 Å². The summed E-state index contributed by atoms with van der Waals surface area (Å²) in [5, 5.41) is 0. The monoisotopic (exact) mass is 348 g/mol. The van der Waals surface area contributed by atoms with Crippen molar-refractivity contribution in [3.05, 3.63) is 89.0 Å². The molecule has 0 aliphatic rings. The minimum Gasteiger partial charge on any atom is -0.462 e. The fourth-order valence-electron chi connectivity index (χ4n) is 2.68. The van der Waals surface area contributed by atoms with Crippen molar-refractivity contribution < 1.29 is 14.3 Å². The lowest BCUT2D eigenvalue weighted by Gasteiger charge is -2.08. The van der Waals surface area contributed by atoms with E-state index in [0.29, 0.717) is 23.4 Å². The van der Waals surface area contributed by atoms with Gasteiger partial charge in [-0.05, 0) is 32.0 Å². The first kappa shape index (κ1) is 17.6. The molecule has 5 nitrogen and oxygen atoms in total.